The van der Waals surface area contributed by atoms with E-state index < -0.39 is 0 Å². The summed E-state index contributed by atoms with van der Waals surface area (Å²) in [5.74, 6) is 3.64. The summed E-state index contributed by atoms with van der Waals surface area (Å²) in [7, 11) is 2.18. The first-order chi connectivity index (χ1) is 14.2. The predicted molar refractivity (Wildman–Crippen MR) is 136 cm³/mol. The molecule has 10 heteroatoms. The van der Waals surface area contributed by atoms with Gasteiger partial charge < -0.3 is 20.2 Å². The molecule has 0 radical (unpaired) electrons. The molecule has 0 amide bonds. The first kappa shape index (κ1) is 27.9. The molecular formula is C22H35Cl2N7O. The summed E-state index contributed by atoms with van der Waals surface area (Å²) in [4.78, 5) is 16.7. The second kappa shape index (κ2) is 12.8. The number of likely N-dealkylation sites (N-methyl/N-ethyl adjacent to an activating group) is 1. The fraction of sp³-hybridized carbons (Fsp3) is 0.500. The Labute approximate surface area is 202 Å². The highest BCUT2D eigenvalue weighted by atomic mass is 35.5. The van der Waals surface area contributed by atoms with Gasteiger partial charge in [-0.25, -0.2) is 0 Å². The average molecular weight is 484 g/mol. The van der Waals surface area contributed by atoms with E-state index in [-0.39, 0.29) is 30.3 Å². The molecule has 1 fully saturated rings. The number of benzene rings is 1. The molecule has 2 aromatic heterocycles. The van der Waals surface area contributed by atoms with Crippen LogP contribution in [0.2, 0.25) is 0 Å². The average Bonchev–Trinajstić information content (AvgIpc) is 3.17. The number of hydrogen-bond donors (Lipinski definition) is 0. The SMILES string of the molecule is CCN(CC)c1cc(N2CCN(C)CC2)n2nc(CCc3ccccc3)nc2n1.Cl.Cl.O. The van der Waals surface area contributed by atoms with Crippen molar-refractivity contribution in [3.05, 3.63) is 47.8 Å². The summed E-state index contributed by atoms with van der Waals surface area (Å²) in [6.07, 6.45) is 1.75. The Bertz CT molecular complexity index is 942. The van der Waals surface area contributed by atoms with Crippen LogP contribution in [0.4, 0.5) is 11.6 Å². The minimum absolute atomic E-state index is 0. The van der Waals surface area contributed by atoms with Gasteiger partial charge in [-0.1, -0.05) is 30.3 Å². The van der Waals surface area contributed by atoms with E-state index in [2.05, 4.69) is 65.9 Å². The van der Waals surface area contributed by atoms with Crippen molar-refractivity contribution >= 4 is 42.2 Å². The maximum Gasteiger partial charge on any atom is 0.256 e. The number of hydrogen-bond acceptors (Lipinski definition) is 6. The molecule has 0 bridgehead atoms. The Morgan fingerprint density at radius 3 is 2.19 bits per heavy atom. The van der Waals surface area contributed by atoms with E-state index in [0.717, 1.165) is 69.6 Å². The first-order valence-electron chi connectivity index (χ1n) is 10.7. The van der Waals surface area contributed by atoms with E-state index in [9.17, 15) is 0 Å². The van der Waals surface area contributed by atoms with Gasteiger partial charge in [-0.3, -0.25) is 0 Å². The number of aromatic nitrogens is 4. The lowest BCUT2D eigenvalue weighted by Gasteiger charge is -2.34. The molecule has 4 rings (SSSR count). The maximum absolute atomic E-state index is 4.84. The van der Waals surface area contributed by atoms with Crippen LogP contribution in [0, 0.1) is 0 Å². The number of fused-ring (bicyclic) bond motifs is 1. The second-order valence-corrected chi connectivity index (χ2v) is 7.66. The van der Waals surface area contributed by atoms with Crippen LogP contribution in [0.5, 0.6) is 0 Å². The van der Waals surface area contributed by atoms with Crippen molar-refractivity contribution < 1.29 is 5.48 Å². The molecule has 0 saturated carbocycles. The highest BCUT2D eigenvalue weighted by Gasteiger charge is 2.21. The summed E-state index contributed by atoms with van der Waals surface area (Å²) in [5.41, 5.74) is 1.31. The Balaban J connectivity index is 0.00000171. The summed E-state index contributed by atoms with van der Waals surface area (Å²) in [6.45, 7) is 10.3. The highest BCUT2D eigenvalue weighted by molar-refractivity contribution is 5.85. The van der Waals surface area contributed by atoms with Gasteiger partial charge >= 0.3 is 0 Å². The Hall–Kier alpha value is -2.13. The molecule has 3 aromatic rings. The minimum Gasteiger partial charge on any atom is -0.412 e. The molecule has 0 atom stereocenters. The fourth-order valence-electron chi connectivity index (χ4n) is 3.86. The molecule has 1 aliphatic rings. The van der Waals surface area contributed by atoms with Crippen LogP contribution in [0.3, 0.4) is 0 Å². The number of piperazine rings is 1. The van der Waals surface area contributed by atoms with Crippen LogP contribution >= 0.6 is 24.8 Å². The molecule has 1 saturated heterocycles. The molecule has 1 aromatic carbocycles. The van der Waals surface area contributed by atoms with Crippen molar-refractivity contribution in [3.8, 4) is 0 Å². The van der Waals surface area contributed by atoms with Gasteiger partial charge in [0, 0.05) is 51.8 Å². The topological polar surface area (TPSA) is 84.3 Å². The Kier molecular flexibility index (Phi) is 11.2. The quantitative estimate of drug-likeness (QED) is 0.513. The molecule has 178 valence electrons. The van der Waals surface area contributed by atoms with Gasteiger partial charge in [-0.05, 0) is 32.9 Å². The third-order valence-corrected chi connectivity index (χ3v) is 5.72. The summed E-state index contributed by atoms with van der Waals surface area (Å²) < 4.78 is 1.94. The normalized spacial score (nSPS) is 13.8. The van der Waals surface area contributed by atoms with Gasteiger partial charge in [-0.15, -0.1) is 29.9 Å². The van der Waals surface area contributed by atoms with Gasteiger partial charge in [0.2, 0.25) is 0 Å². The van der Waals surface area contributed by atoms with Gasteiger partial charge in [0.05, 0.1) is 0 Å². The molecule has 1 aliphatic heterocycles. The van der Waals surface area contributed by atoms with Crippen LogP contribution in [0.1, 0.15) is 25.2 Å². The van der Waals surface area contributed by atoms with Crippen LogP contribution < -0.4 is 9.80 Å². The van der Waals surface area contributed by atoms with E-state index in [4.69, 9.17) is 15.1 Å². The fourth-order valence-corrected chi connectivity index (χ4v) is 3.86. The maximum atomic E-state index is 4.84. The number of nitrogens with zero attached hydrogens (tertiary/aromatic N) is 7. The summed E-state index contributed by atoms with van der Waals surface area (Å²) >= 11 is 0. The van der Waals surface area contributed by atoms with E-state index in [1.807, 2.05) is 10.6 Å². The minimum atomic E-state index is 0. The number of aryl methyl sites for hydroxylation is 2. The second-order valence-electron chi connectivity index (χ2n) is 7.66. The van der Waals surface area contributed by atoms with Crippen molar-refractivity contribution in [3.63, 3.8) is 0 Å². The lowest BCUT2D eigenvalue weighted by molar-refractivity contribution is 0.311. The van der Waals surface area contributed by atoms with E-state index >= 15 is 0 Å². The zero-order valence-corrected chi connectivity index (χ0v) is 20.7. The van der Waals surface area contributed by atoms with Crippen LogP contribution in [-0.4, -0.2) is 76.3 Å². The predicted octanol–water partition coefficient (Wildman–Crippen LogP) is 2.53. The van der Waals surface area contributed by atoms with E-state index in [0.29, 0.717) is 5.78 Å². The molecule has 32 heavy (non-hydrogen) atoms. The third-order valence-electron chi connectivity index (χ3n) is 5.72. The lowest BCUT2D eigenvalue weighted by Crippen LogP contribution is -2.45. The van der Waals surface area contributed by atoms with Gasteiger partial charge in [0.1, 0.15) is 11.6 Å². The number of anilines is 2. The first-order valence-corrected chi connectivity index (χ1v) is 10.7. The standard InChI is InChI=1S/C22H31N7.2ClH.H2O/c1-4-27(5-2)20-17-21(28-15-13-26(3)14-16-28)29-22(24-20)23-19(25-29)12-11-18-9-7-6-8-10-18;;;/h6-10,17H,4-5,11-16H2,1-3H3;2*1H;1H2. The Morgan fingerprint density at radius 2 is 1.56 bits per heavy atom. The van der Waals surface area contributed by atoms with Crippen LogP contribution in [-0.2, 0) is 12.8 Å². The Morgan fingerprint density at radius 1 is 0.906 bits per heavy atom. The number of rotatable bonds is 7. The lowest BCUT2D eigenvalue weighted by atomic mass is 10.1. The molecule has 0 unspecified atom stereocenters. The van der Waals surface area contributed by atoms with Gasteiger partial charge in [0.25, 0.3) is 5.78 Å². The van der Waals surface area contributed by atoms with Gasteiger partial charge in [0.15, 0.2) is 5.82 Å². The zero-order valence-electron chi connectivity index (χ0n) is 19.1. The summed E-state index contributed by atoms with van der Waals surface area (Å²) in [6, 6.07) is 12.7. The van der Waals surface area contributed by atoms with Crippen molar-refractivity contribution in [2.75, 3.05) is 56.1 Å². The van der Waals surface area contributed by atoms with Crippen molar-refractivity contribution in [2.45, 2.75) is 26.7 Å². The number of halogens is 2. The van der Waals surface area contributed by atoms with Crippen molar-refractivity contribution in [1.29, 1.82) is 0 Å². The molecular weight excluding hydrogens is 449 g/mol. The monoisotopic (exact) mass is 483 g/mol. The molecule has 2 N–H and O–H groups in total. The molecule has 3 heterocycles. The zero-order chi connectivity index (χ0) is 20.2. The van der Waals surface area contributed by atoms with Crippen LogP contribution in [0.25, 0.3) is 5.78 Å². The molecule has 8 nitrogen and oxygen atoms in total. The molecule has 0 spiro atoms. The molecule has 0 aliphatic carbocycles. The third kappa shape index (κ3) is 6.22. The van der Waals surface area contributed by atoms with Crippen molar-refractivity contribution in [1.82, 2.24) is 24.5 Å². The van der Waals surface area contributed by atoms with E-state index in [1.54, 1.807) is 0 Å². The highest BCUT2D eigenvalue weighted by Crippen LogP contribution is 2.23. The largest absolute Gasteiger partial charge is 0.412 e. The summed E-state index contributed by atoms with van der Waals surface area (Å²) in [5, 5.41) is 4.84. The van der Waals surface area contributed by atoms with Gasteiger partial charge in [-0.2, -0.15) is 14.5 Å². The van der Waals surface area contributed by atoms with Crippen LogP contribution in [0.15, 0.2) is 36.4 Å². The van der Waals surface area contributed by atoms with E-state index in [1.165, 1.54) is 5.56 Å². The van der Waals surface area contributed by atoms with Crippen molar-refractivity contribution in [2.24, 2.45) is 0 Å². The smallest absolute Gasteiger partial charge is 0.256 e.